The number of aliphatic carboxylic acids is 1. The van der Waals surface area contributed by atoms with Crippen molar-refractivity contribution in [1.82, 2.24) is 0 Å². The lowest BCUT2D eigenvalue weighted by molar-refractivity contribution is -0.136. The summed E-state index contributed by atoms with van der Waals surface area (Å²) >= 11 is 5.61. The first kappa shape index (κ1) is 12.8. The predicted molar refractivity (Wildman–Crippen MR) is 55.8 cm³/mol. The molecule has 0 aliphatic rings. The Labute approximate surface area is 88.0 Å². The van der Waals surface area contributed by atoms with Crippen LogP contribution in [0.3, 0.4) is 0 Å². The van der Waals surface area contributed by atoms with Gasteiger partial charge in [-0.25, -0.2) is 0 Å². The van der Waals surface area contributed by atoms with E-state index in [1.54, 1.807) is 32.0 Å². The summed E-state index contributed by atoms with van der Waals surface area (Å²) in [6.07, 6.45) is 0.222. The lowest BCUT2D eigenvalue weighted by Gasteiger charge is -1.95. The Hall–Kier alpha value is -1.22. The number of carbonyl (C=O) groups is 1. The smallest absolute Gasteiger partial charge is 0.303 e. The van der Waals surface area contributed by atoms with Gasteiger partial charge in [-0.3, -0.25) is 4.79 Å². The lowest BCUT2D eigenvalue weighted by atomic mass is 10.2. The van der Waals surface area contributed by atoms with Gasteiger partial charge in [0, 0.05) is 11.4 Å². The number of rotatable bonds is 1. The monoisotopic (exact) mass is 216 g/mol. The first-order valence-corrected chi connectivity index (χ1v) is 4.52. The van der Waals surface area contributed by atoms with E-state index in [2.05, 4.69) is 0 Å². The van der Waals surface area contributed by atoms with Crippen LogP contribution < -0.4 is 0 Å². The van der Waals surface area contributed by atoms with Crippen molar-refractivity contribution in [2.24, 2.45) is 0 Å². The third-order valence-corrected chi connectivity index (χ3v) is 1.70. The average Bonchev–Trinajstić information content (AvgIpc) is 2.13. The highest BCUT2D eigenvalue weighted by Gasteiger charge is 1.93. The van der Waals surface area contributed by atoms with Crippen molar-refractivity contribution in [3.8, 4) is 5.75 Å². The van der Waals surface area contributed by atoms with E-state index in [0.717, 1.165) is 5.56 Å². The topological polar surface area (TPSA) is 57.5 Å². The molecular weight excluding hydrogens is 204 g/mol. The molecule has 1 aromatic carbocycles. The Morgan fingerprint density at radius 2 is 2.00 bits per heavy atom. The van der Waals surface area contributed by atoms with Gasteiger partial charge in [-0.15, -0.1) is 0 Å². The van der Waals surface area contributed by atoms with Gasteiger partial charge in [-0.05, 0) is 30.7 Å². The Morgan fingerprint density at radius 3 is 2.29 bits per heavy atom. The molecule has 0 fully saturated rings. The highest BCUT2D eigenvalue weighted by atomic mass is 35.5. The third-order valence-electron chi connectivity index (χ3n) is 1.46. The quantitative estimate of drug-likeness (QED) is 0.759. The van der Waals surface area contributed by atoms with E-state index < -0.39 is 5.97 Å². The number of phenolic OH excluding ortho intramolecular Hbond substituents is 1. The number of phenols is 1. The van der Waals surface area contributed by atoms with Crippen LogP contribution in [0.1, 0.15) is 18.9 Å². The Bertz CT molecular complexity index is 310. The van der Waals surface area contributed by atoms with E-state index >= 15 is 0 Å². The maximum atomic E-state index is 9.37. The van der Waals surface area contributed by atoms with Crippen LogP contribution in [0.15, 0.2) is 18.2 Å². The average molecular weight is 217 g/mol. The van der Waals surface area contributed by atoms with Crippen LogP contribution in [0.4, 0.5) is 0 Å². The van der Waals surface area contributed by atoms with Gasteiger partial charge in [-0.1, -0.05) is 18.5 Å². The molecule has 14 heavy (non-hydrogen) atoms. The fourth-order valence-electron chi connectivity index (χ4n) is 0.619. The second-order valence-corrected chi connectivity index (χ2v) is 3.11. The van der Waals surface area contributed by atoms with E-state index in [0.29, 0.717) is 10.8 Å². The van der Waals surface area contributed by atoms with Gasteiger partial charge in [-0.2, -0.15) is 0 Å². The molecule has 2 N–H and O–H groups in total. The molecular formula is C10H13ClO3. The number of aromatic hydroxyl groups is 1. The zero-order chi connectivity index (χ0) is 11.1. The minimum atomic E-state index is -0.745. The minimum absolute atomic E-state index is 0.222. The lowest BCUT2D eigenvalue weighted by Crippen LogP contribution is -1.86. The number of benzene rings is 1. The Balaban J connectivity index is 0.000000292. The van der Waals surface area contributed by atoms with Crippen molar-refractivity contribution in [3.05, 3.63) is 28.8 Å². The highest BCUT2D eigenvalue weighted by Crippen LogP contribution is 2.19. The first-order valence-electron chi connectivity index (χ1n) is 4.14. The van der Waals surface area contributed by atoms with Crippen molar-refractivity contribution >= 4 is 17.6 Å². The molecule has 3 nitrogen and oxygen atoms in total. The third kappa shape index (κ3) is 5.43. The summed E-state index contributed by atoms with van der Waals surface area (Å²) in [6, 6.07) is 4.96. The summed E-state index contributed by atoms with van der Waals surface area (Å²) in [5, 5.41) is 17.4. The molecule has 0 unspecified atom stereocenters. The largest absolute Gasteiger partial charge is 0.508 e. The Morgan fingerprint density at radius 1 is 1.50 bits per heavy atom. The number of hydrogen-bond donors (Lipinski definition) is 2. The van der Waals surface area contributed by atoms with Crippen molar-refractivity contribution in [3.63, 3.8) is 0 Å². The van der Waals surface area contributed by atoms with Crippen molar-refractivity contribution in [1.29, 1.82) is 0 Å². The predicted octanol–water partition coefficient (Wildman–Crippen LogP) is 2.84. The van der Waals surface area contributed by atoms with Gasteiger partial charge in [0.1, 0.15) is 5.75 Å². The van der Waals surface area contributed by atoms with E-state index in [1.807, 2.05) is 0 Å². The van der Waals surface area contributed by atoms with E-state index in [9.17, 15) is 4.79 Å². The zero-order valence-corrected chi connectivity index (χ0v) is 8.88. The maximum Gasteiger partial charge on any atom is 0.303 e. The van der Waals surface area contributed by atoms with Crippen molar-refractivity contribution in [2.75, 3.05) is 0 Å². The fourth-order valence-corrected chi connectivity index (χ4v) is 0.846. The first-order chi connectivity index (χ1) is 6.47. The molecule has 0 heterocycles. The molecule has 0 amide bonds. The number of carboxylic acid groups (broad SMARTS) is 1. The summed E-state index contributed by atoms with van der Waals surface area (Å²) in [6.45, 7) is 3.41. The minimum Gasteiger partial charge on any atom is -0.508 e. The molecule has 78 valence electrons. The van der Waals surface area contributed by atoms with Gasteiger partial charge < -0.3 is 10.2 Å². The van der Waals surface area contributed by atoms with Crippen LogP contribution in [-0.2, 0) is 4.79 Å². The van der Waals surface area contributed by atoms with Crippen LogP contribution in [-0.4, -0.2) is 16.2 Å². The van der Waals surface area contributed by atoms with Gasteiger partial charge in [0.05, 0.1) is 0 Å². The van der Waals surface area contributed by atoms with Crippen LogP contribution in [0, 0.1) is 6.92 Å². The summed E-state index contributed by atoms with van der Waals surface area (Å²) in [7, 11) is 0. The molecule has 1 aromatic rings. The molecule has 0 saturated carbocycles. The van der Waals surface area contributed by atoms with Gasteiger partial charge in [0.15, 0.2) is 0 Å². The standard InChI is InChI=1S/C7H7ClO.C3H6O2/c1-5-4-6(8)2-3-7(5)9;1-2-3(4)5/h2-4,9H,1H3;2H2,1H3,(H,4,5). The number of hydrogen-bond acceptors (Lipinski definition) is 2. The van der Waals surface area contributed by atoms with Crippen molar-refractivity contribution in [2.45, 2.75) is 20.3 Å². The summed E-state index contributed by atoms with van der Waals surface area (Å²) in [5.74, 6) is -0.454. The second-order valence-electron chi connectivity index (χ2n) is 2.68. The molecule has 0 aliphatic carbocycles. The number of carboxylic acids is 1. The number of halogens is 1. The van der Waals surface area contributed by atoms with Crippen LogP contribution in [0.2, 0.25) is 5.02 Å². The van der Waals surface area contributed by atoms with Crippen LogP contribution >= 0.6 is 11.6 Å². The normalized spacial score (nSPS) is 8.79. The van der Waals surface area contributed by atoms with Crippen LogP contribution in [0.25, 0.3) is 0 Å². The van der Waals surface area contributed by atoms with Gasteiger partial charge in [0.25, 0.3) is 0 Å². The molecule has 0 saturated heterocycles. The van der Waals surface area contributed by atoms with E-state index in [4.69, 9.17) is 21.8 Å². The zero-order valence-electron chi connectivity index (χ0n) is 8.12. The second kappa shape index (κ2) is 6.27. The van der Waals surface area contributed by atoms with Crippen molar-refractivity contribution < 1.29 is 15.0 Å². The van der Waals surface area contributed by atoms with Crippen LogP contribution in [0.5, 0.6) is 5.75 Å². The van der Waals surface area contributed by atoms with E-state index in [1.165, 1.54) is 0 Å². The Kier molecular flexibility index (Phi) is 5.72. The maximum absolute atomic E-state index is 9.37. The summed E-state index contributed by atoms with van der Waals surface area (Å²) in [4.78, 5) is 9.37. The summed E-state index contributed by atoms with van der Waals surface area (Å²) in [5.41, 5.74) is 0.808. The molecule has 0 aliphatic heterocycles. The van der Waals surface area contributed by atoms with Gasteiger partial charge >= 0.3 is 5.97 Å². The SMILES string of the molecule is CCC(=O)O.Cc1cc(Cl)ccc1O. The fraction of sp³-hybridized carbons (Fsp3) is 0.300. The van der Waals surface area contributed by atoms with Gasteiger partial charge in [0.2, 0.25) is 0 Å². The van der Waals surface area contributed by atoms with E-state index in [-0.39, 0.29) is 6.42 Å². The summed E-state index contributed by atoms with van der Waals surface area (Å²) < 4.78 is 0. The molecule has 0 bridgehead atoms. The molecule has 4 heteroatoms. The molecule has 0 radical (unpaired) electrons. The highest BCUT2D eigenvalue weighted by molar-refractivity contribution is 6.30. The molecule has 0 aromatic heterocycles. The number of aryl methyl sites for hydroxylation is 1. The molecule has 1 rings (SSSR count). The molecule has 0 spiro atoms. The molecule has 0 atom stereocenters.